The summed E-state index contributed by atoms with van der Waals surface area (Å²) >= 11 is 0. The third-order valence-electron chi connectivity index (χ3n) is 5.65. The molecule has 0 saturated carbocycles. The quantitative estimate of drug-likeness (QED) is 0.0535. The average Bonchev–Trinajstić information content (AvgIpc) is 3.02. The predicted molar refractivity (Wildman–Crippen MR) is 171 cm³/mol. The second-order valence-electron chi connectivity index (χ2n) is 9.06. The maximum Gasteiger partial charge on any atom is 0.158 e. The zero-order chi connectivity index (χ0) is 32.1. The number of benzene rings is 5. The van der Waals surface area contributed by atoms with Crippen LogP contribution in [-0.4, -0.2) is 49.4 Å². The third-order valence-corrected chi connectivity index (χ3v) is 5.65. The number of phenolic OH excluding ortho intramolecular Hbond substituents is 6. The van der Waals surface area contributed by atoms with Crippen molar-refractivity contribution in [3.05, 3.63) is 120 Å². The van der Waals surface area contributed by atoms with E-state index in [-0.39, 0.29) is 34.5 Å². The molecule has 0 heterocycles. The zero-order valence-corrected chi connectivity index (χ0v) is 23.2. The maximum atomic E-state index is 10.1. The Bertz CT molecular complexity index is 1650. The Morgan fingerprint density at radius 2 is 0.750 bits per heavy atom. The molecule has 0 bridgehead atoms. The van der Waals surface area contributed by atoms with Crippen LogP contribution in [0.2, 0.25) is 0 Å². The molecule has 224 valence electrons. The second kappa shape index (κ2) is 15.5. The molecule has 5 aromatic rings. The van der Waals surface area contributed by atoms with Crippen molar-refractivity contribution in [2.24, 2.45) is 9.98 Å². The lowest BCUT2D eigenvalue weighted by molar-refractivity contribution is 0.112. The smallest absolute Gasteiger partial charge is 0.158 e. The molecule has 0 atom stereocenters. The van der Waals surface area contributed by atoms with Gasteiger partial charge in [0.25, 0.3) is 0 Å². The van der Waals surface area contributed by atoms with Crippen LogP contribution < -0.4 is 11.5 Å². The fraction of sp³-hybridized carbons (Fsp3) is 0. The summed E-state index contributed by atoms with van der Waals surface area (Å²) in [4.78, 5) is 18.7. The van der Waals surface area contributed by atoms with Gasteiger partial charge in [-0.15, -0.1) is 0 Å². The van der Waals surface area contributed by atoms with Gasteiger partial charge in [0, 0.05) is 29.4 Å². The molecule has 5 aromatic carbocycles. The van der Waals surface area contributed by atoms with Crippen molar-refractivity contribution >= 4 is 41.5 Å². The molecule has 0 aromatic heterocycles. The lowest BCUT2D eigenvalue weighted by Crippen LogP contribution is -1.86. The summed E-state index contributed by atoms with van der Waals surface area (Å²) in [5.74, 6) is -1.23. The summed E-state index contributed by atoms with van der Waals surface area (Å²) in [6.07, 6.45) is 3.76. The van der Waals surface area contributed by atoms with E-state index in [2.05, 4.69) is 9.98 Å². The number of carbonyl (C=O) groups excluding carboxylic acids is 1. The fourth-order valence-electron chi connectivity index (χ4n) is 3.27. The summed E-state index contributed by atoms with van der Waals surface area (Å²) in [5, 5.41) is 55.1. The normalized spacial score (nSPS) is 10.5. The number of nitrogens with zero attached hydrogens (tertiary/aromatic N) is 2. The monoisotopic (exact) mass is 594 g/mol. The number of aliphatic imine (C=N–C) groups is 2. The Balaban J connectivity index is 0.000000238. The topological polar surface area (TPSA) is 215 Å². The average molecular weight is 595 g/mol. The third kappa shape index (κ3) is 10.2. The minimum Gasteiger partial charge on any atom is -0.504 e. The minimum atomic E-state index is -0.274. The van der Waals surface area contributed by atoms with Crippen LogP contribution in [0, 0.1) is 0 Å². The van der Waals surface area contributed by atoms with Gasteiger partial charge in [-0.3, -0.25) is 14.8 Å². The zero-order valence-electron chi connectivity index (χ0n) is 23.2. The number of hydrogen-bond acceptors (Lipinski definition) is 11. The van der Waals surface area contributed by atoms with Crippen molar-refractivity contribution in [3.63, 3.8) is 0 Å². The van der Waals surface area contributed by atoms with Crippen molar-refractivity contribution in [3.8, 4) is 34.5 Å². The number of aromatic hydroxyl groups is 6. The number of nitrogens with two attached hydrogens (primary N) is 2. The first-order valence-electron chi connectivity index (χ1n) is 12.8. The molecular formula is C33H30N4O7. The largest absolute Gasteiger partial charge is 0.504 e. The van der Waals surface area contributed by atoms with E-state index in [9.17, 15) is 25.2 Å². The molecule has 0 fully saturated rings. The summed E-state index contributed by atoms with van der Waals surface area (Å²) in [5.41, 5.74) is 15.3. The molecule has 0 aliphatic heterocycles. The molecule has 5 rings (SSSR count). The number of nitrogen functional groups attached to an aromatic ring is 2. The number of rotatable bonds is 5. The fourth-order valence-corrected chi connectivity index (χ4v) is 3.27. The van der Waals surface area contributed by atoms with Gasteiger partial charge in [0.2, 0.25) is 0 Å². The summed E-state index contributed by atoms with van der Waals surface area (Å²) in [6.45, 7) is 0. The lowest BCUT2D eigenvalue weighted by Gasteiger charge is -2.00. The van der Waals surface area contributed by atoms with Gasteiger partial charge in [0.1, 0.15) is 6.29 Å². The number of phenols is 6. The standard InChI is InChI=1S/C20H16N2O4.C7H6O3.C6H8N2/c23-17-7-1-13(9-19(17)25)11-21-15-3-5-16(6-4-15)22-12-14-2-8-18(24)20(26)10-14;8-4-5-1-2-6(9)7(10)3-5;7-5-1-2-6(8)4-3-5/h1-12,23-26H;1-4,9-10H;1-4H,7-8H2. The molecular weight excluding hydrogens is 564 g/mol. The highest BCUT2D eigenvalue weighted by atomic mass is 16.3. The molecule has 10 N–H and O–H groups in total. The number of anilines is 2. The molecule has 0 aliphatic carbocycles. The van der Waals surface area contributed by atoms with Crippen LogP contribution in [0.5, 0.6) is 34.5 Å². The summed E-state index contributed by atoms with van der Waals surface area (Å²) < 4.78 is 0. The van der Waals surface area contributed by atoms with Gasteiger partial charge in [0.15, 0.2) is 34.5 Å². The Morgan fingerprint density at radius 3 is 1.07 bits per heavy atom. The van der Waals surface area contributed by atoms with Crippen molar-refractivity contribution < 1.29 is 35.4 Å². The molecule has 0 radical (unpaired) electrons. The van der Waals surface area contributed by atoms with E-state index in [0.29, 0.717) is 34.4 Å². The SMILES string of the molecule is Nc1ccc(N)cc1.O=Cc1ccc(O)c(O)c1.Oc1ccc(C=Nc2ccc(N=Cc3ccc(O)c(O)c3)cc2)cc1O. The van der Waals surface area contributed by atoms with Gasteiger partial charge >= 0.3 is 0 Å². The molecule has 11 heteroatoms. The van der Waals surface area contributed by atoms with E-state index in [1.165, 1.54) is 42.5 Å². The predicted octanol–water partition coefficient (Wildman–Crippen LogP) is 5.77. The van der Waals surface area contributed by atoms with Gasteiger partial charge in [-0.1, -0.05) is 0 Å². The number of hydrogen-bond donors (Lipinski definition) is 8. The van der Waals surface area contributed by atoms with E-state index in [4.69, 9.17) is 21.7 Å². The summed E-state index contributed by atoms with van der Waals surface area (Å²) in [7, 11) is 0. The highest BCUT2D eigenvalue weighted by Crippen LogP contribution is 2.26. The molecule has 0 saturated heterocycles. The van der Waals surface area contributed by atoms with Gasteiger partial charge in [0.05, 0.1) is 11.4 Å². The van der Waals surface area contributed by atoms with Crippen LogP contribution in [0.3, 0.4) is 0 Å². The van der Waals surface area contributed by atoms with Crippen LogP contribution in [0.15, 0.2) is 113 Å². The number of carbonyl (C=O) groups is 1. The first kappa shape index (κ1) is 32.0. The van der Waals surface area contributed by atoms with Crippen LogP contribution in [-0.2, 0) is 0 Å². The maximum absolute atomic E-state index is 10.1. The highest BCUT2D eigenvalue weighted by molar-refractivity contribution is 5.84. The van der Waals surface area contributed by atoms with E-state index in [1.54, 1.807) is 73.1 Å². The van der Waals surface area contributed by atoms with E-state index in [0.717, 1.165) is 11.4 Å². The van der Waals surface area contributed by atoms with E-state index >= 15 is 0 Å². The van der Waals surface area contributed by atoms with Crippen LogP contribution in [0.4, 0.5) is 22.7 Å². The molecule has 44 heavy (non-hydrogen) atoms. The van der Waals surface area contributed by atoms with Crippen molar-refractivity contribution in [1.29, 1.82) is 0 Å². The van der Waals surface area contributed by atoms with Crippen LogP contribution in [0.1, 0.15) is 21.5 Å². The van der Waals surface area contributed by atoms with E-state index in [1.807, 2.05) is 0 Å². The van der Waals surface area contributed by atoms with E-state index < -0.39 is 0 Å². The lowest BCUT2D eigenvalue weighted by atomic mass is 10.2. The van der Waals surface area contributed by atoms with Crippen molar-refractivity contribution in [2.45, 2.75) is 0 Å². The second-order valence-corrected chi connectivity index (χ2v) is 9.06. The highest BCUT2D eigenvalue weighted by Gasteiger charge is 2.00. The minimum absolute atomic E-state index is 0.175. The molecule has 11 nitrogen and oxygen atoms in total. The Kier molecular flexibility index (Phi) is 11.3. The molecule has 0 unspecified atom stereocenters. The number of aldehydes is 1. The first-order chi connectivity index (χ1) is 21.0. The van der Waals surface area contributed by atoms with Gasteiger partial charge in [-0.05, 0) is 114 Å². The van der Waals surface area contributed by atoms with Gasteiger partial charge in [-0.25, -0.2) is 0 Å². The van der Waals surface area contributed by atoms with Crippen molar-refractivity contribution in [2.75, 3.05) is 11.5 Å². The first-order valence-corrected chi connectivity index (χ1v) is 12.8. The van der Waals surface area contributed by atoms with Gasteiger partial charge < -0.3 is 42.1 Å². The molecule has 0 amide bonds. The molecule has 0 aliphatic rings. The molecule has 0 spiro atoms. The van der Waals surface area contributed by atoms with Crippen LogP contribution >= 0.6 is 0 Å². The Hall–Kier alpha value is -6.49. The Labute approximate surface area is 252 Å². The Morgan fingerprint density at radius 1 is 0.432 bits per heavy atom. The van der Waals surface area contributed by atoms with Gasteiger partial charge in [-0.2, -0.15) is 0 Å². The summed E-state index contributed by atoms with van der Waals surface area (Å²) in [6, 6.07) is 27.1. The van der Waals surface area contributed by atoms with Crippen molar-refractivity contribution in [1.82, 2.24) is 0 Å². The van der Waals surface area contributed by atoms with Crippen LogP contribution in [0.25, 0.3) is 0 Å².